The van der Waals surface area contributed by atoms with Crippen molar-refractivity contribution in [3.05, 3.63) is 44.9 Å². The normalized spacial score (nSPS) is 17.4. The lowest BCUT2D eigenvalue weighted by Gasteiger charge is -2.29. The Kier molecular flexibility index (Phi) is 3.78. The smallest absolute Gasteiger partial charge is 0.332 e. The summed E-state index contributed by atoms with van der Waals surface area (Å²) in [6.07, 6.45) is 5.47. The summed E-state index contributed by atoms with van der Waals surface area (Å²) < 4.78 is 4.19. The first-order valence-corrected chi connectivity index (χ1v) is 7.48. The van der Waals surface area contributed by atoms with E-state index in [1.165, 1.54) is 11.6 Å². The van der Waals surface area contributed by atoms with Crippen molar-refractivity contribution in [1.82, 2.24) is 18.9 Å². The second-order valence-corrected chi connectivity index (χ2v) is 5.73. The maximum absolute atomic E-state index is 12.3. The molecule has 1 aliphatic rings. The molecule has 0 saturated carbocycles. The summed E-state index contributed by atoms with van der Waals surface area (Å²) >= 11 is 0. The molecule has 2 aromatic heterocycles. The summed E-state index contributed by atoms with van der Waals surface area (Å²) in [4.78, 5) is 26.5. The van der Waals surface area contributed by atoms with Crippen LogP contribution in [0.4, 0.5) is 5.82 Å². The highest BCUT2D eigenvalue weighted by Gasteiger charge is 2.30. The molecule has 8 heteroatoms. The van der Waals surface area contributed by atoms with Crippen LogP contribution in [-0.4, -0.2) is 31.5 Å². The van der Waals surface area contributed by atoms with Crippen molar-refractivity contribution < 1.29 is 0 Å². The van der Waals surface area contributed by atoms with Crippen LogP contribution in [0.2, 0.25) is 0 Å². The summed E-state index contributed by atoms with van der Waals surface area (Å²) in [6, 6.07) is 3.92. The van der Waals surface area contributed by atoms with Gasteiger partial charge in [0.25, 0.3) is 5.56 Å². The van der Waals surface area contributed by atoms with Gasteiger partial charge in [-0.3, -0.25) is 18.6 Å². The van der Waals surface area contributed by atoms with Crippen LogP contribution in [0.1, 0.15) is 18.4 Å². The molecule has 0 spiro atoms. The molecule has 1 saturated heterocycles. The molecule has 0 radical (unpaired) electrons. The van der Waals surface area contributed by atoms with Gasteiger partial charge in [0.1, 0.15) is 11.9 Å². The molecule has 0 bridgehead atoms. The van der Waals surface area contributed by atoms with Gasteiger partial charge >= 0.3 is 5.69 Å². The van der Waals surface area contributed by atoms with Crippen molar-refractivity contribution >= 4 is 5.82 Å². The van der Waals surface area contributed by atoms with Crippen LogP contribution in [0.15, 0.2) is 28.0 Å². The van der Waals surface area contributed by atoms with Crippen molar-refractivity contribution in [3.8, 4) is 6.07 Å². The number of rotatable bonds is 3. The fraction of sp³-hybridized carbons (Fsp3) is 0.467. The average Bonchev–Trinajstić information content (AvgIpc) is 3.21. The summed E-state index contributed by atoms with van der Waals surface area (Å²) in [7, 11) is 2.99. The Morgan fingerprint density at radius 1 is 1.35 bits per heavy atom. The third-order valence-corrected chi connectivity index (χ3v) is 4.35. The van der Waals surface area contributed by atoms with Gasteiger partial charge in [-0.1, -0.05) is 0 Å². The van der Waals surface area contributed by atoms with Gasteiger partial charge < -0.3 is 4.90 Å². The monoisotopic (exact) mass is 314 g/mol. The number of anilines is 1. The SMILES string of the molecule is Cn1c(N2CCCC2Cn2cccn2)c(C#N)c(=O)n(C)c1=O. The molecular weight excluding hydrogens is 296 g/mol. The van der Waals surface area contributed by atoms with E-state index in [-0.39, 0.29) is 11.6 Å². The molecular formula is C15H18N6O2. The largest absolute Gasteiger partial charge is 0.352 e. The lowest BCUT2D eigenvalue weighted by atomic mass is 10.2. The van der Waals surface area contributed by atoms with Crippen molar-refractivity contribution in [2.45, 2.75) is 25.4 Å². The Balaban J connectivity index is 2.09. The third kappa shape index (κ3) is 2.44. The van der Waals surface area contributed by atoms with Crippen molar-refractivity contribution in [2.24, 2.45) is 14.1 Å². The summed E-state index contributed by atoms with van der Waals surface area (Å²) in [5.74, 6) is 0.412. The Bertz CT molecular complexity index is 871. The standard InChI is InChI=1S/C15H18N6O2/c1-18-13(12(9-16)14(22)19(2)15(18)23)21-8-3-5-11(21)10-20-7-4-6-17-20/h4,6-7,11H,3,5,8,10H2,1-2H3. The van der Waals surface area contributed by atoms with Crippen LogP contribution in [0, 0.1) is 11.3 Å². The zero-order valence-corrected chi connectivity index (χ0v) is 13.1. The van der Waals surface area contributed by atoms with E-state index in [0.717, 1.165) is 17.4 Å². The Morgan fingerprint density at radius 2 is 2.13 bits per heavy atom. The van der Waals surface area contributed by atoms with Crippen molar-refractivity contribution in [3.63, 3.8) is 0 Å². The molecule has 0 N–H and O–H groups in total. The molecule has 3 rings (SSSR count). The molecule has 1 atom stereocenters. The number of aromatic nitrogens is 4. The summed E-state index contributed by atoms with van der Waals surface area (Å²) in [6.45, 7) is 1.36. The molecule has 23 heavy (non-hydrogen) atoms. The lowest BCUT2D eigenvalue weighted by molar-refractivity contribution is 0.501. The average molecular weight is 314 g/mol. The Morgan fingerprint density at radius 3 is 2.78 bits per heavy atom. The van der Waals surface area contributed by atoms with Crippen molar-refractivity contribution in [1.29, 1.82) is 5.26 Å². The van der Waals surface area contributed by atoms with Crippen LogP contribution < -0.4 is 16.1 Å². The third-order valence-electron chi connectivity index (χ3n) is 4.35. The fourth-order valence-electron chi connectivity index (χ4n) is 3.20. The minimum absolute atomic E-state index is 0.0157. The summed E-state index contributed by atoms with van der Waals surface area (Å²) in [5.41, 5.74) is -0.953. The van der Waals surface area contributed by atoms with Gasteiger partial charge in [0.15, 0.2) is 5.56 Å². The Labute approximate surface area is 132 Å². The topological polar surface area (TPSA) is 88.8 Å². The molecule has 0 aliphatic carbocycles. The van der Waals surface area contributed by atoms with E-state index in [9.17, 15) is 14.9 Å². The van der Waals surface area contributed by atoms with Gasteiger partial charge in [-0.15, -0.1) is 0 Å². The molecule has 0 amide bonds. The van der Waals surface area contributed by atoms with Gasteiger partial charge in [-0.2, -0.15) is 10.4 Å². The highest BCUT2D eigenvalue weighted by Crippen LogP contribution is 2.26. The highest BCUT2D eigenvalue weighted by atomic mass is 16.2. The van der Waals surface area contributed by atoms with E-state index in [2.05, 4.69) is 5.10 Å². The fourth-order valence-corrected chi connectivity index (χ4v) is 3.20. The van der Waals surface area contributed by atoms with E-state index in [4.69, 9.17) is 0 Å². The predicted octanol–water partition coefficient (Wildman–Crippen LogP) is -0.179. The minimum atomic E-state index is -0.546. The van der Waals surface area contributed by atoms with Gasteiger partial charge in [0.2, 0.25) is 0 Å². The molecule has 3 heterocycles. The van der Waals surface area contributed by atoms with E-state index < -0.39 is 11.2 Å². The van der Waals surface area contributed by atoms with E-state index in [1.54, 1.807) is 13.2 Å². The first-order valence-electron chi connectivity index (χ1n) is 7.48. The van der Waals surface area contributed by atoms with Gasteiger partial charge in [0, 0.05) is 33.0 Å². The van der Waals surface area contributed by atoms with E-state index >= 15 is 0 Å². The quantitative estimate of drug-likeness (QED) is 0.784. The highest BCUT2D eigenvalue weighted by molar-refractivity contribution is 5.54. The number of hydrogen-bond acceptors (Lipinski definition) is 5. The van der Waals surface area contributed by atoms with Gasteiger partial charge in [0.05, 0.1) is 12.6 Å². The zero-order valence-electron chi connectivity index (χ0n) is 13.1. The second kappa shape index (κ2) is 5.76. The second-order valence-electron chi connectivity index (χ2n) is 5.73. The molecule has 2 aromatic rings. The molecule has 8 nitrogen and oxygen atoms in total. The van der Waals surface area contributed by atoms with Crippen LogP contribution in [0.5, 0.6) is 0 Å². The predicted molar refractivity (Wildman–Crippen MR) is 84.2 cm³/mol. The van der Waals surface area contributed by atoms with E-state index in [0.29, 0.717) is 18.9 Å². The van der Waals surface area contributed by atoms with Crippen LogP contribution in [0.3, 0.4) is 0 Å². The first-order chi connectivity index (χ1) is 11.0. The van der Waals surface area contributed by atoms with Crippen LogP contribution >= 0.6 is 0 Å². The molecule has 120 valence electrons. The molecule has 1 aliphatic heterocycles. The molecule has 1 fully saturated rings. The maximum atomic E-state index is 12.3. The Hall–Kier alpha value is -2.82. The van der Waals surface area contributed by atoms with Crippen molar-refractivity contribution in [2.75, 3.05) is 11.4 Å². The minimum Gasteiger partial charge on any atom is -0.352 e. The van der Waals surface area contributed by atoms with Gasteiger partial charge in [-0.25, -0.2) is 4.79 Å². The lowest BCUT2D eigenvalue weighted by Crippen LogP contribution is -2.44. The zero-order chi connectivity index (χ0) is 16.6. The van der Waals surface area contributed by atoms with Gasteiger partial charge in [-0.05, 0) is 18.9 Å². The number of hydrogen-bond donors (Lipinski definition) is 0. The number of nitriles is 1. The van der Waals surface area contributed by atoms with Crippen LogP contribution in [-0.2, 0) is 20.6 Å². The molecule has 0 aromatic carbocycles. The summed E-state index contributed by atoms with van der Waals surface area (Å²) in [5, 5.41) is 13.6. The maximum Gasteiger partial charge on any atom is 0.332 e. The van der Waals surface area contributed by atoms with E-state index in [1.807, 2.05) is 27.9 Å². The first kappa shape index (κ1) is 15.1. The number of nitrogens with zero attached hydrogens (tertiary/aromatic N) is 6. The molecule has 1 unspecified atom stereocenters. The van der Waals surface area contributed by atoms with Crippen LogP contribution in [0.25, 0.3) is 0 Å².